The molecule has 0 radical (unpaired) electrons. The Morgan fingerprint density at radius 3 is 2.29 bits per heavy atom. The SMILES string of the molecule is CC1(C)C(=O)N(c2ccc3c(cnn3-c3ccc(F)cc3)c2)[C@H](c2ccccc2)[C@H]1NS(C)(=O)=O. The van der Waals surface area contributed by atoms with E-state index in [1.54, 1.807) is 41.8 Å². The van der Waals surface area contributed by atoms with E-state index in [2.05, 4.69) is 9.82 Å². The normalized spacial score (nSPS) is 20.0. The minimum absolute atomic E-state index is 0.183. The summed E-state index contributed by atoms with van der Waals surface area (Å²) in [6.45, 7) is 3.53. The van der Waals surface area contributed by atoms with Crippen molar-refractivity contribution >= 4 is 32.5 Å². The molecule has 5 rings (SSSR count). The Hall–Kier alpha value is -3.56. The number of anilines is 1. The second-order valence-corrected chi connectivity index (χ2v) is 11.2. The number of sulfonamides is 1. The fraction of sp³-hybridized carbons (Fsp3) is 0.231. The topological polar surface area (TPSA) is 84.3 Å². The Bertz CT molecular complexity index is 1520. The molecule has 1 amide bonds. The average molecular weight is 493 g/mol. The zero-order chi connectivity index (χ0) is 25.0. The molecule has 0 bridgehead atoms. The van der Waals surface area contributed by atoms with Gasteiger partial charge in [0.05, 0.1) is 41.2 Å². The van der Waals surface area contributed by atoms with E-state index < -0.39 is 27.5 Å². The van der Waals surface area contributed by atoms with Crippen LogP contribution >= 0.6 is 0 Å². The molecule has 0 aliphatic carbocycles. The van der Waals surface area contributed by atoms with Crippen molar-refractivity contribution in [2.75, 3.05) is 11.2 Å². The predicted octanol–water partition coefficient (Wildman–Crippen LogP) is 4.20. The number of rotatable bonds is 5. The van der Waals surface area contributed by atoms with Gasteiger partial charge in [0.1, 0.15) is 5.82 Å². The highest BCUT2D eigenvalue weighted by Crippen LogP contribution is 2.47. The van der Waals surface area contributed by atoms with Gasteiger partial charge in [0.2, 0.25) is 15.9 Å². The molecule has 1 saturated heterocycles. The molecule has 0 spiro atoms. The molecule has 35 heavy (non-hydrogen) atoms. The zero-order valence-corrected chi connectivity index (χ0v) is 20.3. The number of hydrogen-bond acceptors (Lipinski definition) is 4. The van der Waals surface area contributed by atoms with Gasteiger partial charge in [0.25, 0.3) is 0 Å². The highest BCUT2D eigenvalue weighted by Gasteiger charge is 2.55. The molecule has 1 aromatic heterocycles. The van der Waals surface area contributed by atoms with Gasteiger partial charge in [0.15, 0.2) is 0 Å². The number of carbonyl (C=O) groups excluding carboxylic acids is 1. The van der Waals surface area contributed by atoms with Gasteiger partial charge in [-0.05, 0) is 61.9 Å². The van der Waals surface area contributed by atoms with Gasteiger partial charge in [-0.25, -0.2) is 22.2 Å². The van der Waals surface area contributed by atoms with Crippen LogP contribution in [0, 0.1) is 11.2 Å². The monoisotopic (exact) mass is 492 g/mol. The van der Waals surface area contributed by atoms with Crippen molar-refractivity contribution in [1.29, 1.82) is 0 Å². The van der Waals surface area contributed by atoms with Gasteiger partial charge in [-0.1, -0.05) is 30.3 Å². The Morgan fingerprint density at radius 1 is 0.971 bits per heavy atom. The fourth-order valence-electron chi connectivity index (χ4n) is 4.78. The molecule has 1 aliphatic rings. The summed E-state index contributed by atoms with van der Waals surface area (Å²) >= 11 is 0. The van der Waals surface area contributed by atoms with Gasteiger partial charge >= 0.3 is 0 Å². The third kappa shape index (κ3) is 4.11. The van der Waals surface area contributed by atoms with Crippen molar-refractivity contribution in [2.24, 2.45) is 5.41 Å². The van der Waals surface area contributed by atoms with Crippen molar-refractivity contribution in [2.45, 2.75) is 25.9 Å². The molecule has 0 unspecified atom stereocenters. The first kappa shape index (κ1) is 23.2. The first-order valence-corrected chi connectivity index (χ1v) is 13.0. The van der Waals surface area contributed by atoms with Crippen LogP contribution in [0.4, 0.5) is 10.1 Å². The van der Waals surface area contributed by atoms with Crippen LogP contribution in [0.1, 0.15) is 25.5 Å². The molecule has 1 N–H and O–H groups in total. The Labute approximate surface area is 203 Å². The van der Waals surface area contributed by atoms with Crippen LogP contribution in [-0.2, 0) is 14.8 Å². The smallest absolute Gasteiger partial charge is 0.234 e. The lowest BCUT2D eigenvalue weighted by Crippen LogP contribution is -2.45. The van der Waals surface area contributed by atoms with Crippen LogP contribution in [0.3, 0.4) is 0 Å². The second-order valence-electron chi connectivity index (χ2n) is 9.40. The number of halogens is 1. The van der Waals surface area contributed by atoms with E-state index in [4.69, 9.17) is 0 Å². The maximum absolute atomic E-state index is 13.7. The summed E-state index contributed by atoms with van der Waals surface area (Å²) in [6, 6.07) is 19.8. The number of nitrogens with one attached hydrogen (secondary N) is 1. The highest BCUT2D eigenvalue weighted by atomic mass is 32.2. The molecular weight excluding hydrogens is 467 g/mol. The first-order valence-electron chi connectivity index (χ1n) is 11.2. The minimum Gasteiger partial charge on any atom is -0.303 e. The molecule has 3 aromatic carbocycles. The van der Waals surface area contributed by atoms with Crippen LogP contribution in [0.2, 0.25) is 0 Å². The number of aromatic nitrogens is 2. The molecule has 2 heterocycles. The van der Waals surface area contributed by atoms with E-state index in [1.165, 1.54) is 12.1 Å². The number of benzene rings is 3. The Morgan fingerprint density at radius 2 is 1.63 bits per heavy atom. The summed E-state index contributed by atoms with van der Waals surface area (Å²) in [6.07, 6.45) is 2.80. The predicted molar refractivity (Wildman–Crippen MR) is 133 cm³/mol. The molecule has 0 saturated carbocycles. The number of carbonyl (C=O) groups is 1. The van der Waals surface area contributed by atoms with Crippen molar-refractivity contribution in [3.05, 3.63) is 90.4 Å². The summed E-state index contributed by atoms with van der Waals surface area (Å²) in [5, 5.41) is 5.25. The number of nitrogens with zero attached hydrogens (tertiary/aromatic N) is 3. The summed E-state index contributed by atoms with van der Waals surface area (Å²) in [5.74, 6) is -0.510. The lowest BCUT2D eigenvalue weighted by molar-refractivity contribution is -0.124. The Kier molecular flexibility index (Phi) is 5.49. The van der Waals surface area contributed by atoms with E-state index >= 15 is 0 Å². The third-order valence-corrected chi connectivity index (χ3v) is 7.21. The van der Waals surface area contributed by atoms with Gasteiger partial charge in [-0.15, -0.1) is 0 Å². The molecule has 7 nitrogen and oxygen atoms in total. The first-order chi connectivity index (χ1) is 16.6. The molecule has 2 atom stereocenters. The van der Waals surface area contributed by atoms with E-state index in [0.717, 1.165) is 22.7 Å². The number of fused-ring (bicyclic) bond motifs is 1. The van der Waals surface area contributed by atoms with Gasteiger partial charge in [-0.3, -0.25) is 4.79 Å². The maximum atomic E-state index is 13.7. The van der Waals surface area contributed by atoms with Crippen LogP contribution in [-0.4, -0.2) is 36.4 Å². The van der Waals surface area contributed by atoms with Crippen LogP contribution < -0.4 is 9.62 Å². The standard InChI is InChI=1S/C26H25FN4O3S/c1-26(2)24(29-35(3,33)34)23(17-7-5-4-6-8-17)30(25(26)32)21-13-14-22-18(15-21)16-28-31(22)20-11-9-19(27)10-12-20/h4-16,23-24,29H,1-3H3/t23-,24-/m1/s1. The average Bonchev–Trinajstić information content (AvgIpc) is 3.31. The Balaban J connectivity index is 1.63. The van der Waals surface area contributed by atoms with E-state index in [9.17, 15) is 17.6 Å². The van der Waals surface area contributed by atoms with Crippen LogP contribution in [0.25, 0.3) is 16.6 Å². The fourth-order valence-corrected chi connectivity index (χ4v) is 5.67. The molecule has 4 aromatic rings. The molecule has 1 fully saturated rings. The number of amides is 1. The van der Waals surface area contributed by atoms with E-state index in [0.29, 0.717) is 11.4 Å². The molecule has 9 heteroatoms. The van der Waals surface area contributed by atoms with Gasteiger partial charge in [-0.2, -0.15) is 5.10 Å². The van der Waals surface area contributed by atoms with Crippen LogP contribution in [0.15, 0.2) is 79.0 Å². The summed E-state index contributed by atoms with van der Waals surface area (Å²) in [7, 11) is -3.58. The van der Waals surface area contributed by atoms with Crippen molar-refractivity contribution in [3.8, 4) is 5.69 Å². The lowest BCUT2D eigenvalue weighted by Gasteiger charge is -2.30. The third-order valence-electron chi connectivity index (χ3n) is 6.52. The lowest BCUT2D eigenvalue weighted by atomic mass is 9.83. The van der Waals surface area contributed by atoms with Gasteiger partial charge < -0.3 is 4.90 Å². The summed E-state index contributed by atoms with van der Waals surface area (Å²) in [5.41, 5.74) is 1.99. The van der Waals surface area contributed by atoms with E-state index in [-0.39, 0.29) is 11.7 Å². The van der Waals surface area contributed by atoms with E-state index in [1.807, 2.05) is 48.5 Å². The molecule has 180 valence electrons. The zero-order valence-electron chi connectivity index (χ0n) is 19.5. The largest absolute Gasteiger partial charge is 0.303 e. The quantitative estimate of drug-likeness (QED) is 0.453. The number of hydrogen-bond donors (Lipinski definition) is 1. The molecular formula is C26H25FN4O3S. The summed E-state index contributed by atoms with van der Waals surface area (Å²) in [4.78, 5) is 15.4. The summed E-state index contributed by atoms with van der Waals surface area (Å²) < 4.78 is 42.3. The maximum Gasteiger partial charge on any atom is 0.234 e. The van der Waals surface area contributed by atoms with Crippen LogP contribution in [0.5, 0.6) is 0 Å². The minimum atomic E-state index is -3.58. The van der Waals surface area contributed by atoms with Crippen molar-refractivity contribution in [3.63, 3.8) is 0 Å². The van der Waals surface area contributed by atoms with Crippen molar-refractivity contribution < 1.29 is 17.6 Å². The van der Waals surface area contributed by atoms with Crippen molar-refractivity contribution in [1.82, 2.24) is 14.5 Å². The second kappa shape index (κ2) is 8.28. The highest BCUT2D eigenvalue weighted by molar-refractivity contribution is 7.88. The van der Waals surface area contributed by atoms with Gasteiger partial charge in [0, 0.05) is 11.1 Å². The molecule has 1 aliphatic heterocycles.